The van der Waals surface area contributed by atoms with Gasteiger partial charge in [-0.3, -0.25) is 9.69 Å². The van der Waals surface area contributed by atoms with Crippen LogP contribution in [0.15, 0.2) is 66.7 Å². The van der Waals surface area contributed by atoms with Crippen molar-refractivity contribution in [1.29, 1.82) is 0 Å². The molecular weight excluding hydrogens is 468 g/mol. The second kappa shape index (κ2) is 12.0. The Labute approximate surface area is 219 Å². The lowest BCUT2D eigenvalue weighted by Gasteiger charge is -2.37. The summed E-state index contributed by atoms with van der Waals surface area (Å²) >= 11 is 0. The predicted octanol–water partition coefficient (Wildman–Crippen LogP) is 5.23. The van der Waals surface area contributed by atoms with Gasteiger partial charge in [0.2, 0.25) is 5.75 Å². The van der Waals surface area contributed by atoms with E-state index >= 15 is 0 Å². The molecule has 3 aromatic rings. The van der Waals surface area contributed by atoms with Crippen molar-refractivity contribution in [2.24, 2.45) is 5.92 Å². The van der Waals surface area contributed by atoms with E-state index < -0.39 is 5.97 Å². The molecule has 3 aromatic carbocycles. The number of likely N-dealkylation sites (tertiary alicyclic amines) is 1. The summed E-state index contributed by atoms with van der Waals surface area (Å²) in [6.45, 7) is 1.77. The van der Waals surface area contributed by atoms with Gasteiger partial charge in [0.15, 0.2) is 11.5 Å². The summed E-state index contributed by atoms with van der Waals surface area (Å²) in [6, 6.07) is 22.4. The lowest BCUT2D eigenvalue weighted by Crippen LogP contribution is -2.39. The Balaban J connectivity index is 1.70. The van der Waals surface area contributed by atoms with Crippen LogP contribution in [0.2, 0.25) is 0 Å². The zero-order chi connectivity index (χ0) is 26.4. The minimum Gasteiger partial charge on any atom is -0.493 e. The smallest absolute Gasteiger partial charge is 0.306 e. The molecule has 1 heterocycles. The quantitative estimate of drug-likeness (QED) is 0.405. The highest BCUT2D eigenvalue weighted by Gasteiger charge is 2.31. The minimum atomic E-state index is -0.713. The number of rotatable bonds is 10. The van der Waals surface area contributed by atoms with Gasteiger partial charge in [0.25, 0.3) is 0 Å². The molecule has 1 saturated heterocycles. The minimum absolute atomic E-state index is 0.0862. The van der Waals surface area contributed by atoms with Crippen LogP contribution in [0.5, 0.6) is 17.2 Å². The van der Waals surface area contributed by atoms with Crippen molar-refractivity contribution in [1.82, 2.24) is 4.90 Å². The Bertz CT molecular complexity index is 1150. The highest BCUT2D eigenvalue weighted by molar-refractivity contribution is 5.70. The first-order chi connectivity index (χ1) is 17.9. The van der Waals surface area contributed by atoms with Crippen LogP contribution in [0.4, 0.5) is 5.69 Å². The monoisotopic (exact) mass is 504 g/mol. The molecule has 1 aliphatic heterocycles. The van der Waals surface area contributed by atoms with Gasteiger partial charge in [-0.2, -0.15) is 0 Å². The number of aliphatic carboxylic acids is 1. The van der Waals surface area contributed by atoms with Crippen molar-refractivity contribution in [3.63, 3.8) is 0 Å². The number of carbonyl (C=O) groups is 1. The molecule has 0 radical (unpaired) electrons. The average molecular weight is 505 g/mol. The van der Waals surface area contributed by atoms with E-state index in [-0.39, 0.29) is 12.0 Å². The molecule has 37 heavy (non-hydrogen) atoms. The molecular formula is C30H36N2O5. The standard InChI is InChI=1S/C30H36N2O5/c1-31(2)25-12-10-22(11-13-25)28(32-16-14-23(15-17-32)30(33)34)24-18-26(35-3)29(27(19-24)36-4)37-20-21-8-6-5-7-9-21/h5-13,18-19,23,28H,14-17,20H2,1-4H3,(H,33,34). The van der Waals surface area contributed by atoms with Crippen molar-refractivity contribution in [2.75, 3.05) is 46.3 Å². The van der Waals surface area contributed by atoms with Crippen LogP contribution >= 0.6 is 0 Å². The molecule has 1 aliphatic rings. The van der Waals surface area contributed by atoms with E-state index in [0.29, 0.717) is 49.8 Å². The van der Waals surface area contributed by atoms with Gasteiger partial charge < -0.3 is 24.2 Å². The van der Waals surface area contributed by atoms with Gasteiger partial charge in [-0.05, 0) is 66.9 Å². The van der Waals surface area contributed by atoms with E-state index in [2.05, 4.69) is 34.1 Å². The molecule has 7 heteroatoms. The van der Waals surface area contributed by atoms with E-state index in [4.69, 9.17) is 14.2 Å². The fraction of sp³-hybridized carbons (Fsp3) is 0.367. The van der Waals surface area contributed by atoms with E-state index in [0.717, 1.165) is 22.4 Å². The molecule has 0 spiro atoms. The molecule has 1 fully saturated rings. The topological polar surface area (TPSA) is 71.5 Å². The summed E-state index contributed by atoms with van der Waals surface area (Å²) in [6.07, 6.45) is 1.24. The number of benzene rings is 3. The maximum absolute atomic E-state index is 11.6. The van der Waals surface area contributed by atoms with Crippen LogP contribution in [-0.4, -0.2) is 57.4 Å². The molecule has 4 rings (SSSR count). The molecule has 0 bridgehead atoms. The molecule has 0 aromatic heterocycles. The number of carboxylic acids is 1. The summed E-state index contributed by atoms with van der Waals surface area (Å²) in [5.74, 6) is 0.741. The number of carboxylic acid groups (broad SMARTS) is 1. The first kappa shape index (κ1) is 26.4. The van der Waals surface area contributed by atoms with Crippen LogP contribution in [0, 0.1) is 5.92 Å². The van der Waals surface area contributed by atoms with E-state index in [1.807, 2.05) is 56.6 Å². The lowest BCUT2D eigenvalue weighted by molar-refractivity contribution is -0.143. The summed E-state index contributed by atoms with van der Waals surface area (Å²) in [4.78, 5) is 16.0. The SMILES string of the molecule is COc1cc(C(c2ccc(N(C)C)cc2)N2CCC(C(=O)O)CC2)cc(OC)c1OCc1ccccc1. The van der Waals surface area contributed by atoms with Gasteiger partial charge in [0.05, 0.1) is 26.2 Å². The van der Waals surface area contributed by atoms with Gasteiger partial charge in [-0.25, -0.2) is 0 Å². The predicted molar refractivity (Wildman–Crippen MR) is 145 cm³/mol. The van der Waals surface area contributed by atoms with Crippen LogP contribution in [-0.2, 0) is 11.4 Å². The summed E-state index contributed by atoms with van der Waals surface area (Å²) in [7, 11) is 7.31. The van der Waals surface area contributed by atoms with Crippen LogP contribution in [0.25, 0.3) is 0 Å². The van der Waals surface area contributed by atoms with Crippen molar-refractivity contribution >= 4 is 11.7 Å². The molecule has 7 nitrogen and oxygen atoms in total. The van der Waals surface area contributed by atoms with Gasteiger partial charge in [0, 0.05) is 19.8 Å². The zero-order valence-electron chi connectivity index (χ0n) is 22.0. The number of piperidine rings is 1. The van der Waals surface area contributed by atoms with E-state index in [1.54, 1.807) is 14.2 Å². The largest absolute Gasteiger partial charge is 0.493 e. The number of ether oxygens (including phenoxy) is 3. The molecule has 0 saturated carbocycles. The van der Waals surface area contributed by atoms with Crippen molar-refractivity contribution < 1.29 is 24.1 Å². The van der Waals surface area contributed by atoms with Crippen LogP contribution in [0.1, 0.15) is 35.6 Å². The van der Waals surface area contributed by atoms with E-state index in [9.17, 15) is 9.90 Å². The van der Waals surface area contributed by atoms with Gasteiger partial charge in [-0.1, -0.05) is 42.5 Å². The van der Waals surface area contributed by atoms with Gasteiger partial charge in [0.1, 0.15) is 6.61 Å². The fourth-order valence-electron chi connectivity index (χ4n) is 4.90. The van der Waals surface area contributed by atoms with Crippen molar-refractivity contribution in [2.45, 2.75) is 25.5 Å². The molecule has 0 amide bonds. The third kappa shape index (κ3) is 6.17. The van der Waals surface area contributed by atoms with Crippen molar-refractivity contribution in [3.8, 4) is 17.2 Å². The van der Waals surface area contributed by atoms with Crippen LogP contribution in [0.3, 0.4) is 0 Å². The molecule has 196 valence electrons. The normalized spacial score (nSPS) is 15.1. The van der Waals surface area contributed by atoms with E-state index in [1.165, 1.54) is 0 Å². The first-order valence-electron chi connectivity index (χ1n) is 12.6. The number of methoxy groups -OCH3 is 2. The first-order valence-corrected chi connectivity index (χ1v) is 12.6. The highest BCUT2D eigenvalue weighted by Crippen LogP contribution is 2.43. The Morgan fingerprint density at radius 1 is 0.946 bits per heavy atom. The zero-order valence-corrected chi connectivity index (χ0v) is 22.0. The van der Waals surface area contributed by atoms with Crippen LogP contribution < -0.4 is 19.1 Å². The summed E-state index contributed by atoms with van der Waals surface area (Å²) < 4.78 is 17.7. The van der Waals surface area contributed by atoms with Crippen molar-refractivity contribution in [3.05, 3.63) is 83.4 Å². The second-order valence-corrected chi connectivity index (χ2v) is 9.57. The number of hydrogen-bond donors (Lipinski definition) is 1. The maximum Gasteiger partial charge on any atom is 0.306 e. The Morgan fingerprint density at radius 3 is 2.05 bits per heavy atom. The molecule has 1 unspecified atom stereocenters. The van der Waals surface area contributed by atoms with Gasteiger partial charge >= 0.3 is 5.97 Å². The van der Waals surface area contributed by atoms with Gasteiger partial charge in [-0.15, -0.1) is 0 Å². The number of hydrogen-bond acceptors (Lipinski definition) is 6. The Hall–Kier alpha value is -3.71. The second-order valence-electron chi connectivity index (χ2n) is 9.57. The average Bonchev–Trinajstić information content (AvgIpc) is 2.93. The highest BCUT2D eigenvalue weighted by atomic mass is 16.5. The summed E-state index contributed by atoms with van der Waals surface area (Å²) in [5, 5.41) is 9.51. The number of nitrogens with zero attached hydrogens (tertiary/aromatic N) is 2. The number of anilines is 1. The Kier molecular flexibility index (Phi) is 8.56. The molecule has 1 atom stereocenters. The fourth-order valence-corrected chi connectivity index (χ4v) is 4.90. The summed E-state index contributed by atoms with van der Waals surface area (Å²) in [5.41, 5.74) is 4.30. The molecule has 0 aliphatic carbocycles. The Morgan fingerprint density at radius 2 is 1.54 bits per heavy atom. The third-order valence-electron chi connectivity index (χ3n) is 6.99. The maximum atomic E-state index is 11.6. The lowest BCUT2D eigenvalue weighted by atomic mass is 9.91. The third-order valence-corrected chi connectivity index (χ3v) is 6.99. The molecule has 1 N–H and O–H groups in total.